The van der Waals surface area contributed by atoms with Crippen molar-refractivity contribution >= 4 is 39.3 Å². The zero-order valence-electron chi connectivity index (χ0n) is 15.1. The van der Waals surface area contributed by atoms with Crippen molar-refractivity contribution in [2.45, 2.75) is 49.3 Å². The molecule has 0 N–H and O–H groups in total. The Morgan fingerprint density at radius 2 is 2.26 bits per heavy atom. The molecule has 0 atom stereocenters. The summed E-state index contributed by atoms with van der Waals surface area (Å²) in [6, 6.07) is 0. The van der Waals surface area contributed by atoms with Gasteiger partial charge >= 0.3 is 5.97 Å². The highest BCUT2D eigenvalue weighted by Gasteiger charge is 2.30. The SMILES string of the molecule is C=CCn1c(Sc2ncnc3sc(C(=O)OCC)c(C)c23)nnc1C1CC1. The highest BCUT2D eigenvalue weighted by molar-refractivity contribution is 7.99. The van der Waals surface area contributed by atoms with Crippen molar-refractivity contribution in [3.63, 3.8) is 0 Å². The number of fused-ring (bicyclic) bond motifs is 1. The van der Waals surface area contributed by atoms with Gasteiger partial charge in [0.15, 0.2) is 5.16 Å². The van der Waals surface area contributed by atoms with Gasteiger partial charge in [0.1, 0.15) is 26.9 Å². The molecule has 0 aromatic carbocycles. The van der Waals surface area contributed by atoms with Crippen molar-refractivity contribution in [2.75, 3.05) is 6.61 Å². The normalized spacial score (nSPS) is 13.9. The van der Waals surface area contributed by atoms with Gasteiger partial charge in [0.2, 0.25) is 0 Å². The molecular formula is C18H19N5O2S2. The van der Waals surface area contributed by atoms with E-state index in [0.29, 0.717) is 23.9 Å². The molecule has 1 aliphatic carbocycles. The van der Waals surface area contributed by atoms with Crippen LogP contribution in [0.1, 0.15) is 46.7 Å². The molecule has 0 amide bonds. The largest absolute Gasteiger partial charge is 0.462 e. The summed E-state index contributed by atoms with van der Waals surface area (Å²) < 4.78 is 7.26. The topological polar surface area (TPSA) is 82.8 Å². The number of ether oxygens (including phenoxy) is 1. The van der Waals surface area contributed by atoms with Crippen LogP contribution in [0.5, 0.6) is 0 Å². The van der Waals surface area contributed by atoms with E-state index in [1.165, 1.54) is 29.4 Å². The number of thiophene rings is 1. The monoisotopic (exact) mass is 401 g/mol. The summed E-state index contributed by atoms with van der Waals surface area (Å²) in [5.74, 6) is 1.19. The summed E-state index contributed by atoms with van der Waals surface area (Å²) in [4.78, 5) is 22.4. The number of rotatable bonds is 7. The maximum atomic E-state index is 12.2. The van der Waals surface area contributed by atoms with Gasteiger partial charge in [-0.25, -0.2) is 14.8 Å². The number of esters is 1. The van der Waals surface area contributed by atoms with Crippen LogP contribution in [0.25, 0.3) is 10.2 Å². The van der Waals surface area contributed by atoms with E-state index in [4.69, 9.17) is 4.74 Å². The van der Waals surface area contributed by atoms with Gasteiger partial charge in [-0.3, -0.25) is 0 Å². The van der Waals surface area contributed by atoms with Gasteiger partial charge in [-0.2, -0.15) is 0 Å². The van der Waals surface area contributed by atoms with E-state index in [2.05, 4.69) is 31.3 Å². The Hall–Kier alpha value is -2.26. The van der Waals surface area contributed by atoms with E-state index in [0.717, 1.165) is 44.6 Å². The molecule has 7 nitrogen and oxygen atoms in total. The molecular weight excluding hydrogens is 382 g/mol. The van der Waals surface area contributed by atoms with Crippen molar-refractivity contribution in [3.05, 3.63) is 35.2 Å². The standard InChI is InChI=1S/C18H19N5O2S2/c1-4-8-23-14(11-6-7-11)21-22-18(23)27-16-12-10(3)13(17(24)25-5-2)26-15(12)19-9-20-16/h4,9,11H,1,5-8H2,2-3H3. The van der Waals surface area contributed by atoms with Gasteiger partial charge in [0.05, 0.1) is 6.61 Å². The fraction of sp³-hybridized carbons (Fsp3) is 0.389. The van der Waals surface area contributed by atoms with Crippen LogP contribution in [0.15, 0.2) is 29.2 Å². The molecule has 1 saturated carbocycles. The minimum Gasteiger partial charge on any atom is -0.462 e. The minimum absolute atomic E-state index is 0.320. The molecule has 9 heteroatoms. The number of hydrogen-bond acceptors (Lipinski definition) is 8. The summed E-state index contributed by atoms with van der Waals surface area (Å²) in [6.45, 7) is 8.55. The molecule has 0 saturated heterocycles. The lowest BCUT2D eigenvalue weighted by atomic mass is 10.2. The van der Waals surface area contributed by atoms with Crippen molar-refractivity contribution in [1.29, 1.82) is 0 Å². The molecule has 4 rings (SSSR count). The molecule has 1 aliphatic rings. The number of hydrogen-bond donors (Lipinski definition) is 0. The Morgan fingerprint density at radius 1 is 1.44 bits per heavy atom. The zero-order valence-corrected chi connectivity index (χ0v) is 16.8. The highest BCUT2D eigenvalue weighted by atomic mass is 32.2. The average Bonchev–Trinajstić information content (AvgIpc) is 3.34. The number of aromatic nitrogens is 5. The van der Waals surface area contributed by atoms with E-state index < -0.39 is 0 Å². The van der Waals surface area contributed by atoms with Crippen LogP contribution in [0.2, 0.25) is 0 Å². The van der Waals surface area contributed by atoms with E-state index in [1.807, 2.05) is 13.0 Å². The number of nitrogens with zero attached hydrogens (tertiary/aromatic N) is 5. The first-order chi connectivity index (χ1) is 13.1. The highest BCUT2D eigenvalue weighted by Crippen LogP contribution is 2.42. The third-order valence-electron chi connectivity index (χ3n) is 4.34. The Labute approximate surface area is 164 Å². The van der Waals surface area contributed by atoms with Crippen LogP contribution in [0, 0.1) is 6.92 Å². The number of aryl methyl sites for hydroxylation is 1. The molecule has 140 valence electrons. The van der Waals surface area contributed by atoms with E-state index in [9.17, 15) is 4.79 Å². The summed E-state index contributed by atoms with van der Waals surface area (Å²) in [5.41, 5.74) is 0.841. The minimum atomic E-state index is -0.320. The second-order valence-electron chi connectivity index (χ2n) is 6.25. The summed E-state index contributed by atoms with van der Waals surface area (Å²) >= 11 is 2.78. The van der Waals surface area contributed by atoms with Gasteiger partial charge in [-0.1, -0.05) is 6.08 Å². The first-order valence-corrected chi connectivity index (χ1v) is 10.4. The molecule has 27 heavy (non-hydrogen) atoms. The molecule has 3 heterocycles. The van der Waals surface area contributed by atoms with Crippen LogP contribution in [-0.2, 0) is 11.3 Å². The van der Waals surface area contributed by atoms with Gasteiger partial charge in [0.25, 0.3) is 0 Å². The fourth-order valence-corrected chi connectivity index (χ4v) is 5.01. The van der Waals surface area contributed by atoms with Crippen LogP contribution in [0.4, 0.5) is 0 Å². The quantitative estimate of drug-likeness (QED) is 0.336. The summed E-state index contributed by atoms with van der Waals surface area (Å²) in [6.07, 6.45) is 5.68. The van der Waals surface area contributed by atoms with Crippen LogP contribution >= 0.6 is 23.1 Å². The van der Waals surface area contributed by atoms with Gasteiger partial charge in [-0.05, 0) is 44.0 Å². The lowest BCUT2D eigenvalue weighted by Crippen LogP contribution is -2.04. The van der Waals surface area contributed by atoms with Crippen molar-refractivity contribution in [3.8, 4) is 0 Å². The number of carbonyl (C=O) groups excluding carboxylic acids is 1. The molecule has 0 radical (unpaired) electrons. The predicted octanol–water partition coefficient (Wildman–Crippen LogP) is 3.98. The molecule has 0 unspecified atom stereocenters. The van der Waals surface area contributed by atoms with Crippen LogP contribution < -0.4 is 0 Å². The molecule has 1 fully saturated rings. The van der Waals surface area contributed by atoms with Gasteiger partial charge in [0, 0.05) is 17.8 Å². The van der Waals surface area contributed by atoms with Crippen LogP contribution in [0.3, 0.4) is 0 Å². The summed E-state index contributed by atoms with van der Waals surface area (Å²) in [7, 11) is 0. The van der Waals surface area contributed by atoms with E-state index in [-0.39, 0.29) is 5.97 Å². The lowest BCUT2D eigenvalue weighted by molar-refractivity contribution is 0.0531. The Bertz CT molecular complexity index is 1020. The second kappa shape index (κ2) is 7.40. The third-order valence-corrected chi connectivity index (χ3v) is 6.51. The lowest BCUT2D eigenvalue weighted by Gasteiger charge is -2.07. The molecule has 3 aromatic rings. The van der Waals surface area contributed by atoms with Crippen molar-refractivity contribution < 1.29 is 9.53 Å². The zero-order chi connectivity index (χ0) is 19.0. The number of allylic oxidation sites excluding steroid dienone is 1. The molecule has 0 aliphatic heterocycles. The maximum absolute atomic E-state index is 12.2. The first kappa shape index (κ1) is 18.1. The van der Waals surface area contributed by atoms with Gasteiger partial charge in [-0.15, -0.1) is 28.1 Å². The van der Waals surface area contributed by atoms with E-state index in [1.54, 1.807) is 6.92 Å². The molecule has 3 aromatic heterocycles. The van der Waals surface area contributed by atoms with Crippen molar-refractivity contribution in [2.24, 2.45) is 0 Å². The smallest absolute Gasteiger partial charge is 0.348 e. The Kier molecular flexibility index (Phi) is 4.96. The second-order valence-corrected chi connectivity index (χ2v) is 8.21. The fourth-order valence-electron chi connectivity index (χ4n) is 2.91. The first-order valence-electron chi connectivity index (χ1n) is 8.77. The average molecular weight is 402 g/mol. The number of carbonyl (C=O) groups is 1. The van der Waals surface area contributed by atoms with Crippen molar-refractivity contribution in [1.82, 2.24) is 24.7 Å². The predicted molar refractivity (Wildman–Crippen MR) is 104 cm³/mol. The maximum Gasteiger partial charge on any atom is 0.348 e. The van der Waals surface area contributed by atoms with Gasteiger partial charge < -0.3 is 9.30 Å². The third kappa shape index (κ3) is 3.37. The molecule has 0 spiro atoms. The molecule has 0 bridgehead atoms. The Balaban J connectivity index is 1.74. The van der Waals surface area contributed by atoms with Crippen LogP contribution in [-0.4, -0.2) is 37.3 Å². The van der Waals surface area contributed by atoms with E-state index >= 15 is 0 Å². The summed E-state index contributed by atoms with van der Waals surface area (Å²) in [5, 5.41) is 11.2. The Morgan fingerprint density at radius 3 is 2.96 bits per heavy atom.